The van der Waals surface area contributed by atoms with Crippen molar-refractivity contribution in [1.82, 2.24) is 0 Å². The quantitative estimate of drug-likeness (QED) is 0.381. The number of aryl methyl sites for hydroxylation is 2. The third kappa shape index (κ3) is 8.06. The second kappa shape index (κ2) is 13.0. The van der Waals surface area contributed by atoms with Crippen LogP contribution in [0.2, 0.25) is 0 Å². The molecular formula is C26H40O2S. The van der Waals surface area contributed by atoms with Gasteiger partial charge in [0.25, 0.3) is 0 Å². The molecule has 2 aromatic rings. The van der Waals surface area contributed by atoms with E-state index in [0.717, 1.165) is 35.7 Å². The molecule has 0 amide bonds. The van der Waals surface area contributed by atoms with E-state index in [4.69, 9.17) is 8.92 Å². The van der Waals surface area contributed by atoms with E-state index >= 15 is 0 Å². The smallest absolute Gasteiger partial charge is 0.133 e. The van der Waals surface area contributed by atoms with E-state index in [1.807, 2.05) is 38.1 Å². The molecule has 0 saturated heterocycles. The Labute approximate surface area is 183 Å². The first-order chi connectivity index (χ1) is 13.9. The van der Waals surface area contributed by atoms with Crippen molar-refractivity contribution in [2.75, 3.05) is 7.11 Å². The van der Waals surface area contributed by atoms with Crippen molar-refractivity contribution in [3.05, 3.63) is 53.1 Å². The number of benzene rings is 2. The molecule has 2 nitrogen and oxygen atoms in total. The van der Waals surface area contributed by atoms with Crippen LogP contribution in [-0.4, -0.2) is 7.11 Å². The molecule has 0 aliphatic carbocycles. The average Bonchev–Trinajstić information content (AvgIpc) is 2.70. The van der Waals surface area contributed by atoms with Crippen LogP contribution in [0.15, 0.2) is 41.3 Å². The lowest BCUT2D eigenvalue weighted by Gasteiger charge is -2.24. The van der Waals surface area contributed by atoms with Gasteiger partial charge in [-0.1, -0.05) is 73.4 Å². The Morgan fingerprint density at radius 3 is 1.93 bits per heavy atom. The largest absolute Gasteiger partial charge is 0.457 e. The normalized spacial score (nSPS) is 11.0. The van der Waals surface area contributed by atoms with E-state index < -0.39 is 0 Å². The van der Waals surface area contributed by atoms with Crippen LogP contribution in [0.3, 0.4) is 0 Å². The zero-order chi connectivity index (χ0) is 21.9. The maximum absolute atomic E-state index is 6.44. The Kier molecular flexibility index (Phi) is 11.4. The average molecular weight is 417 g/mol. The molecule has 0 aliphatic heterocycles. The third-order valence-electron chi connectivity index (χ3n) is 4.65. The number of ether oxygens (including phenoxy) is 1. The molecule has 0 atom stereocenters. The molecule has 0 aliphatic rings. The SMILES string of the molecule is CC.CCCCc1cc(C(C)(C)C)cc(CCC)c1Oc1ccc(SOC)cc1. The molecule has 0 spiro atoms. The molecular weight excluding hydrogens is 376 g/mol. The summed E-state index contributed by atoms with van der Waals surface area (Å²) < 4.78 is 11.6. The van der Waals surface area contributed by atoms with Gasteiger partial charge in [0, 0.05) is 16.9 Å². The fraction of sp³-hybridized carbons (Fsp3) is 0.538. The first-order valence-electron chi connectivity index (χ1n) is 11.0. The van der Waals surface area contributed by atoms with E-state index in [1.165, 1.54) is 41.6 Å². The van der Waals surface area contributed by atoms with Gasteiger partial charge in [0.15, 0.2) is 0 Å². The molecule has 2 aromatic carbocycles. The van der Waals surface area contributed by atoms with E-state index in [1.54, 1.807) is 7.11 Å². The summed E-state index contributed by atoms with van der Waals surface area (Å²) >= 11 is 1.36. The van der Waals surface area contributed by atoms with Crippen molar-refractivity contribution in [1.29, 1.82) is 0 Å². The van der Waals surface area contributed by atoms with Crippen LogP contribution in [0.25, 0.3) is 0 Å². The van der Waals surface area contributed by atoms with Crippen molar-refractivity contribution < 1.29 is 8.92 Å². The molecule has 162 valence electrons. The minimum Gasteiger partial charge on any atom is -0.457 e. The lowest BCUT2D eigenvalue weighted by atomic mass is 9.83. The topological polar surface area (TPSA) is 18.5 Å². The lowest BCUT2D eigenvalue weighted by Crippen LogP contribution is -2.13. The first-order valence-corrected chi connectivity index (χ1v) is 11.8. The maximum atomic E-state index is 6.44. The Balaban J connectivity index is 0.00000204. The van der Waals surface area contributed by atoms with E-state index in [9.17, 15) is 0 Å². The highest BCUT2D eigenvalue weighted by Gasteiger charge is 2.20. The van der Waals surface area contributed by atoms with Gasteiger partial charge in [0.1, 0.15) is 11.5 Å². The van der Waals surface area contributed by atoms with Gasteiger partial charge < -0.3 is 8.92 Å². The summed E-state index contributed by atoms with van der Waals surface area (Å²) in [6.45, 7) is 15.3. The predicted molar refractivity (Wildman–Crippen MR) is 128 cm³/mol. The second-order valence-electron chi connectivity index (χ2n) is 8.05. The molecule has 0 bridgehead atoms. The summed E-state index contributed by atoms with van der Waals surface area (Å²) in [4.78, 5) is 1.08. The van der Waals surface area contributed by atoms with Crippen LogP contribution in [0.4, 0.5) is 0 Å². The van der Waals surface area contributed by atoms with Crippen molar-refractivity contribution in [3.8, 4) is 11.5 Å². The fourth-order valence-corrected chi connectivity index (χ4v) is 3.54. The van der Waals surface area contributed by atoms with Crippen LogP contribution < -0.4 is 4.74 Å². The van der Waals surface area contributed by atoms with Gasteiger partial charge in [-0.05, 0) is 65.6 Å². The van der Waals surface area contributed by atoms with Gasteiger partial charge in [-0.15, -0.1) is 0 Å². The summed E-state index contributed by atoms with van der Waals surface area (Å²) in [7, 11) is 1.68. The van der Waals surface area contributed by atoms with E-state index in [-0.39, 0.29) is 5.41 Å². The Hall–Kier alpha value is -1.45. The van der Waals surface area contributed by atoms with Crippen molar-refractivity contribution >= 4 is 12.0 Å². The monoisotopic (exact) mass is 416 g/mol. The number of unbranched alkanes of at least 4 members (excludes halogenated alkanes) is 1. The summed E-state index contributed by atoms with van der Waals surface area (Å²) in [6.07, 6.45) is 5.57. The van der Waals surface area contributed by atoms with Gasteiger partial charge in [0.05, 0.1) is 7.11 Å². The summed E-state index contributed by atoms with van der Waals surface area (Å²) in [6, 6.07) is 12.8. The maximum Gasteiger partial charge on any atom is 0.133 e. The van der Waals surface area contributed by atoms with E-state index in [0.29, 0.717) is 0 Å². The number of rotatable bonds is 9. The van der Waals surface area contributed by atoms with Crippen molar-refractivity contribution in [2.24, 2.45) is 0 Å². The number of hydrogen-bond acceptors (Lipinski definition) is 3. The number of hydrogen-bond donors (Lipinski definition) is 0. The van der Waals surface area contributed by atoms with Crippen LogP contribution >= 0.6 is 12.0 Å². The summed E-state index contributed by atoms with van der Waals surface area (Å²) in [5.74, 6) is 1.94. The molecule has 0 aromatic heterocycles. The minimum absolute atomic E-state index is 0.140. The molecule has 0 fully saturated rings. The van der Waals surface area contributed by atoms with Crippen LogP contribution in [-0.2, 0) is 22.4 Å². The van der Waals surface area contributed by atoms with E-state index in [2.05, 4.69) is 46.8 Å². The first kappa shape index (κ1) is 25.6. The van der Waals surface area contributed by atoms with Gasteiger partial charge in [-0.25, -0.2) is 0 Å². The van der Waals surface area contributed by atoms with Crippen molar-refractivity contribution in [2.45, 2.75) is 90.9 Å². The van der Waals surface area contributed by atoms with Gasteiger partial charge >= 0.3 is 0 Å². The van der Waals surface area contributed by atoms with Crippen LogP contribution in [0, 0.1) is 0 Å². The zero-order valence-electron chi connectivity index (χ0n) is 19.7. The lowest BCUT2D eigenvalue weighted by molar-refractivity contribution is 0.465. The predicted octanol–water partition coefficient (Wildman–Crippen LogP) is 8.75. The fourth-order valence-electron chi connectivity index (χ4n) is 3.10. The Morgan fingerprint density at radius 1 is 0.862 bits per heavy atom. The van der Waals surface area contributed by atoms with Crippen LogP contribution in [0.1, 0.15) is 84.4 Å². The summed E-state index contributed by atoms with van der Waals surface area (Å²) in [5, 5.41) is 0. The summed E-state index contributed by atoms with van der Waals surface area (Å²) in [5.41, 5.74) is 4.20. The third-order valence-corrected chi connectivity index (χ3v) is 5.28. The standard InChI is InChI=1S/C24H34O2S.C2H6/c1-7-9-11-19-17-20(24(3,4)5)16-18(10-8-2)23(19)26-21-12-14-22(15-13-21)27-25-6;1-2/h12-17H,7-11H2,1-6H3;1-2H3. The highest BCUT2D eigenvalue weighted by molar-refractivity contribution is 7.94. The molecule has 0 heterocycles. The molecule has 2 rings (SSSR count). The van der Waals surface area contributed by atoms with Gasteiger partial charge in [0.2, 0.25) is 0 Å². The van der Waals surface area contributed by atoms with Gasteiger partial charge in [-0.3, -0.25) is 0 Å². The van der Waals surface area contributed by atoms with Gasteiger partial charge in [-0.2, -0.15) is 0 Å². The molecule has 0 N–H and O–H groups in total. The molecule has 0 unspecified atom stereocenters. The Bertz CT molecular complexity index is 715. The highest BCUT2D eigenvalue weighted by Crippen LogP contribution is 2.36. The minimum atomic E-state index is 0.140. The van der Waals surface area contributed by atoms with Crippen LogP contribution in [0.5, 0.6) is 11.5 Å². The molecule has 0 saturated carbocycles. The highest BCUT2D eigenvalue weighted by atomic mass is 32.2. The second-order valence-corrected chi connectivity index (χ2v) is 9.02. The molecule has 3 heteroatoms. The zero-order valence-corrected chi connectivity index (χ0v) is 20.5. The van der Waals surface area contributed by atoms with Crippen molar-refractivity contribution in [3.63, 3.8) is 0 Å². The molecule has 29 heavy (non-hydrogen) atoms. The molecule has 0 radical (unpaired) electrons. The Morgan fingerprint density at radius 2 is 1.45 bits per heavy atom.